The van der Waals surface area contributed by atoms with Gasteiger partial charge in [-0.05, 0) is 111 Å². The molecule has 1 aliphatic carbocycles. The van der Waals surface area contributed by atoms with Gasteiger partial charge in [0, 0.05) is 6.08 Å². The second-order valence-electron chi connectivity index (χ2n) is 10.1. The lowest BCUT2D eigenvalue weighted by Crippen LogP contribution is -2.36. The molecule has 35 heavy (non-hydrogen) atoms. The molecule has 0 spiro atoms. The lowest BCUT2D eigenvalue weighted by atomic mass is 9.86. The summed E-state index contributed by atoms with van der Waals surface area (Å²) in [6.07, 6.45) is 2.11. The number of halogens is 2. The maximum absolute atomic E-state index is 13.0. The Morgan fingerprint density at radius 1 is 1.14 bits per heavy atom. The lowest BCUT2D eigenvalue weighted by molar-refractivity contribution is -0.143. The van der Waals surface area contributed by atoms with Gasteiger partial charge in [-0.3, -0.25) is 4.79 Å². The largest absolute Gasteiger partial charge is 0.466 e. The van der Waals surface area contributed by atoms with Crippen LogP contribution in [0.4, 0.5) is 8.78 Å². The third-order valence-electron chi connectivity index (χ3n) is 6.22. The Morgan fingerprint density at radius 3 is 2.37 bits per heavy atom. The van der Waals surface area contributed by atoms with Crippen LogP contribution in [-0.2, 0) is 33.4 Å². The van der Waals surface area contributed by atoms with E-state index in [-0.39, 0.29) is 19.0 Å². The van der Waals surface area contributed by atoms with E-state index in [0.29, 0.717) is 5.56 Å². The number of hydrogen-bond acceptors (Lipinski definition) is 3. The Hall–Kier alpha value is -2.38. The summed E-state index contributed by atoms with van der Waals surface area (Å²) in [5.74, 6) is -0.352. The first kappa shape index (κ1) is 27.2. The number of carbonyl (C=O) groups is 1. The van der Waals surface area contributed by atoms with Crippen LogP contribution in [0.5, 0.6) is 0 Å². The van der Waals surface area contributed by atoms with E-state index < -0.39 is 27.9 Å². The summed E-state index contributed by atoms with van der Waals surface area (Å²) in [5.41, 5.74) is 7.72. The van der Waals surface area contributed by atoms with Crippen LogP contribution in [0.1, 0.15) is 80.0 Å². The number of esters is 1. The number of rotatable bonds is 8. The average molecular weight is 504 g/mol. The number of benzene rings is 2. The van der Waals surface area contributed by atoms with E-state index in [9.17, 15) is 17.8 Å². The molecule has 4 nitrogen and oxygen atoms in total. The summed E-state index contributed by atoms with van der Waals surface area (Å²) in [6.45, 7) is 11.6. The van der Waals surface area contributed by atoms with Crippen molar-refractivity contribution < 1.29 is 22.5 Å². The molecule has 0 amide bonds. The second-order valence-corrected chi connectivity index (χ2v) is 12.1. The van der Waals surface area contributed by atoms with Gasteiger partial charge >= 0.3 is 5.97 Å². The molecule has 0 radical (unpaired) electrons. The summed E-state index contributed by atoms with van der Waals surface area (Å²) < 4.78 is 46.6. The number of aryl methyl sites for hydroxylation is 3. The molecule has 2 atom stereocenters. The van der Waals surface area contributed by atoms with Crippen LogP contribution in [0.3, 0.4) is 0 Å². The molecule has 3 rings (SSSR count). The molecule has 0 heterocycles. The van der Waals surface area contributed by atoms with Gasteiger partial charge in [-0.25, -0.2) is 8.93 Å². The van der Waals surface area contributed by atoms with Gasteiger partial charge in [-0.1, -0.05) is 18.2 Å². The maximum atomic E-state index is 13.0. The van der Waals surface area contributed by atoms with E-state index in [1.165, 1.54) is 11.1 Å². The fraction of sp³-hybridized carbons (Fsp3) is 0.464. The minimum absolute atomic E-state index is 0.0609. The van der Waals surface area contributed by atoms with Gasteiger partial charge in [0.1, 0.15) is 0 Å². The molecule has 2 aromatic carbocycles. The number of carbonyl (C=O) groups excluding carboxylic acids is 1. The van der Waals surface area contributed by atoms with Crippen LogP contribution in [0, 0.1) is 13.8 Å². The van der Waals surface area contributed by atoms with Crippen molar-refractivity contribution in [1.82, 2.24) is 4.72 Å². The van der Waals surface area contributed by atoms with Crippen LogP contribution < -0.4 is 4.72 Å². The fourth-order valence-electron chi connectivity index (χ4n) is 4.71. The second kappa shape index (κ2) is 11.1. The van der Waals surface area contributed by atoms with Crippen LogP contribution in [-0.4, -0.2) is 21.5 Å². The van der Waals surface area contributed by atoms with E-state index in [4.69, 9.17) is 4.74 Å². The van der Waals surface area contributed by atoms with E-state index in [1.807, 2.05) is 34.6 Å². The standard InChI is InChI=1S/C28H35F2NO3S/c1-7-34-26(32)16-24(31-35(33)28(4,5)6)21-14-20-9-8-10-22(20)23(15-21)27-17(2)11-19(12-18(27)3)13-25(29)30/h11-15,24,31H,7-10,16H2,1-6H3/t24?,35-/m1/s1. The first-order valence-electron chi connectivity index (χ1n) is 12.0. The molecule has 0 fully saturated rings. The van der Waals surface area contributed by atoms with Crippen molar-refractivity contribution in [3.8, 4) is 11.1 Å². The zero-order chi connectivity index (χ0) is 25.9. The topological polar surface area (TPSA) is 55.4 Å². The van der Waals surface area contributed by atoms with Crippen molar-refractivity contribution in [2.45, 2.75) is 78.0 Å². The molecule has 0 aliphatic heterocycles. The fourth-order valence-corrected chi connectivity index (χ4v) is 5.54. The van der Waals surface area contributed by atoms with Gasteiger partial charge in [-0.15, -0.1) is 0 Å². The summed E-state index contributed by atoms with van der Waals surface area (Å²) in [5, 5.41) is 0. The highest BCUT2D eigenvalue weighted by atomic mass is 32.2. The van der Waals surface area contributed by atoms with Crippen molar-refractivity contribution in [1.29, 1.82) is 0 Å². The van der Waals surface area contributed by atoms with Crippen molar-refractivity contribution in [3.05, 3.63) is 63.7 Å². The van der Waals surface area contributed by atoms with Crippen molar-refractivity contribution in [3.63, 3.8) is 0 Å². The van der Waals surface area contributed by atoms with Gasteiger partial charge < -0.3 is 4.74 Å². The van der Waals surface area contributed by atoms with E-state index in [1.54, 1.807) is 19.1 Å². The normalized spacial score (nSPS) is 14.9. The van der Waals surface area contributed by atoms with Gasteiger partial charge in [0.05, 0.1) is 34.8 Å². The molecule has 1 aliphatic rings. The van der Waals surface area contributed by atoms with Crippen LogP contribution in [0.15, 0.2) is 30.3 Å². The SMILES string of the molecule is CCOC(=O)CC(N[S@](=O)C(C)(C)C)c1cc2c(c(-c3c(C)cc(C=C(F)F)cc3C)c1)CCC2. The van der Waals surface area contributed by atoms with Crippen molar-refractivity contribution in [2.75, 3.05) is 6.61 Å². The Morgan fingerprint density at radius 2 is 1.80 bits per heavy atom. The van der Waals surface area contributed by atoms with Crippen molar-refractivity contribution in [2.24, 2.45) is 0 Å². The average Bonchev–Trinajstić information content (AvgIpc) is 3.20. The molecule has 1 unspecified atom stereocenters. The minimum atomic E-state index is -1.72. The van der Waals surface area contributed by atoms with Crippen LogP contribution >= 0.6 is 0 Å². The Balaban J connectivity index is 2.14. The first-order chi connectivity index (χ1) is 16.4. The van der Waals surface area contributed by atoms with E-state index in [2.05, 4.69) is 16.9 Å². The quantitative estimate of drug-likeness (QED) is 0.406. The number of fused-ring (bicyclic) bond motifs is 1. The molecular weight excluding hydrogens is 468 g/mol. The van der Waals surface area contributed by atoms with Crippen LogP contribution in [0.2, 0.25) is 0 Å². The van der Waals surface area contributed by atoms with Gasteiger partial charge in [0.15, 0.2) is 0 Å². The summed E-state index contributed by atoms with van der Waals surface area (Å²) in [7, 11) is -1.39. The van der Waals surface area contributed by atoms with Gasteiger partial charge in [-0.2, -0.15) is 8.78 Å². The molecule has 7 heteroatoms. The summed E-state index contributed by atoms with van der Waals surface area (Å²) >= 11 is 0. The molecule has 2 aromatic rings. The van der Waals surface area contributed by atoms with E-state index >= 15 is 0 Å². The molecular formula is C28H35F2NO3S. The van der Waals surface area contributed by atoms with Crippen molar-refractivity contribution >= 4 is 23.0 Å². The Kier molecular flexibility index (Phi) is 8.65. The minimum Gasteiger partial charge on any atom is -0.466 e. The predicted molar refractivity (Wildman–Crippen MR) is 139 cm³/mol. The highest BCUT2D eigenvalue weighted by molar-refractivity contribution is 7.84. The third-order valence-corrected chi connectivity index (χ3v) is 7.83. The Bertz CT molecular complexity index is 1140. The predicted octanol–water partition coefficient (Wildman–Crippen LogP) is 6.74. The van der Waals surface area contributed by atoms with Gasteiger partial charge in [0.2, 0.25) is 0 Å². The molecule has 0 saturated heterocycles. The maximum Gasteiger partial charge on any atom is 0.307 e. The Labute approximate surface area is 209 Å². The molecule has 0 bridgehead atoms. The zero-order valence-electron chi connectivity index (χ0n) is 21.4. The van der Waals surface area contributed by atoms with E-state index in [0.717, 1.165) is 53.2 Å². The molecule has 1 N–H and O–H groups in total. The highest BCUT2D eigenvalue weighted by Crippen LogP contribution is 2.39. The number of ether oxygens (including phenoxy) is 1. The smallest absolute Gasteiger partial charge is 0.307 e. The van der Waals surface area contributed by atoms with Crippen LogP contribution in [0.25, 0.3) is 17.2 Å². The highest BCUT2D eigenvalue weighted by Gasteiger charge is 2.28. The summed E-state index contributed by atoms with van der Waals surface area (Å²) in [6, 6.07) is 7.25. The first-order valence-corrected chi connectivity index (χ1v) is 13.2. The monoisotopic (exact) mass is 503 g/mol. The molecule has 190 valence electrons. The molecule has 0 saturated carbocycles. The zero-order valence-corrected chi connectivity index (χ0v) is 22.2. The summed E-state index contributed by atoms with van der Waals surface area (Å²) in [4.78, 5) is 12.5. The number of hydrogen-bond donors (Lipinski definition) is 1. The number of nitrogens with one attached hydrogen (secondary N) is 1. The molecule has 0 aromatic heterocycles. The van der Waals surface area contributed by atoms with Gasteiger partial charge in [0.25, 0.3) is 6.08 Å². The lowest BCUT2D eigenvalue weighted by Gasteiger charge is -2.26. The third kappa shape index (κ3) is 6.64.